The third kappa shape index (κ3) is 7.14. The van der Waals surface area contributed by atoms with E-state index in [2.05, 4.69) is 72.1 Å². The first-order valence-corrected chi connectivity index (χ1v) is 7.71. The molecular formula is C14H20N2Te. The number of rotatable bonds is 2. The fraction of sp³-hybridized carbons (Fsp3) is 0.143. The van der Waals surface area contributed by atoms with Gasteiger partial charge in [0.05, 0.1) is 0 Å². The summed E-state index contributed by atoms with van der Waals surface area (Å²) in [6.07, 6.45) is 0. The molecule has 2 aromatic carbocycles. The third-order valence-corrected chi connectivity index (χ3v) is 4.62. The summed E-state index contributed by atoms with van der Waals surface area (Å²) in [6, 6.07) is 21.5. The van der Waals surface area contributed by atoms with E-state index >= 15 is 0 Å². The van der Waals surface area contributed by atoms with E-state index in [0.29, 0.717) is 0 Å². The van der Waals surface area contributed by atoms with E-state index in [1.807, 2.05) is 0 Å². The van der Waals surface area contributed by atoms with Crippen molar-refractivity contribution in [2.24, 2.45) is 11.5 Å². The van der Waals surface area contributed by atoms with E-state index in [-0.39, 0.29) is 20.9 Å². The summed E-state index contributed by atoms with van der Waals surface area (Å²) in [5, 5.41) is 0. The standard InChI is InChI=1S/C12H10Te.2CH5N/c1-3-7-11(8-4-1)13-12-9-5-2-6-10-12;2*1-2/h1-10H;2*2H2,1H3. The van der Waals surface area contributed by atoms with Crippen molar-refractivity contribution in [1.29, 1.82) is 0 Å². The monoisotopic (exact) mass is 346 g/mol. The second kappa shape index (κ2) is 11.6. The quantitative estimate of drug-likeness (QED) is 0.780. The first-order chi connectivity index (χ1) is 8.45. The Kier molecular flexibility index (Phi) is 11.0. The van der Waals surface area contributed by atoms with Crippen molar-refractivity contribution in [2.75, 3.05) is 14.1 Å². The van der Waals surface area contributed by atoms with Crippen molar-refractivity contribution in [3.05, 3.63) is 60.7 Å². The van der Waals surface area contributed by atoms with Gasteiger partial charge in [0.1, 0.15) is 0 Å². The Labute approximate surface area is 114 Å². The van der Waals surface area contributed by atoms with Crippen LogP contribution in [0.5, 0.6) is 0 Å². The summed E-state index contributed by atoms with van der Waals surface area (Å²) in [7, 11) is 3.00. The molecule has 0 atom stereocenters. The average Bonchev–Trinajstić information content (AvgIpc) is 2.45. The Hall–Kier alpha value is -0.850. The summed E-state index contributed by atoms with van der Waals surface area (Å²) < 4.78 is 3.00. The van der Waals surface area contributed by atoms with Crippen LogP contribution in [-0.2, 0) is 0 Å². The van der Waals surface area contributed by atoms with Crippen LogP contribution in [0.3, 0.4) is 0 Å². The van der Waals surface area contributed by atoms with Gasteiger partial charge in [-0.25, -0.2) is 0 Å². The van der Waals surface area contributed by atoms with Gasteiger partial charge in [-0.1, -0.05) is 0 Å². The second-order valence-electron chi connectivity index (χ2n) is 2.73. The van der Waals surface area contributed by atoms with Crippen LogP contribution in [-0.4, -0.2) is 35.0 Å². The summed E-state index contributed by atoms with van der Waals surface area (Å²) in [6.45, 7) is 0. The Morgan fingerprint density at radius 1 is 0.588 bits per heavy atom. The Balaban J connectivity index is 0.000000581. The Bertz CT molecular complexity index is 325. The van der Waals surface area contributed by atoms with Gasteiger partial charge >= 0.3 is 88.8 Å². The van der Waals surface area contributed by atoms with E-state index in [0.717, 1.165) is 0 Å². The number of hydrogen-bond acceptors (Lipinski definition) is 2. The van der Waals surface area contributed by atoms with E-state index in [1.165, 1.54) is 21.3 Å². The van der Waals surface area contributed by atoms with Gasteiger partial charge in [-0.3, -0.25) is 0 Å². The molecule has 0 radical (unpaired) electrons. The van der Waals surface area contributed by atoms with E-state index in [4.69, 9.17) is 0 Å². The van der Waals surface area contributed by atoms with E-state index in [1.54, 1.807) is 0 Å². The first kappa shape index (κ1) is 16.1. The molecule has 0 aliphatic heterocycles. The van der Waals surface area contributed by atoms with Crippen LogP contribution in [0.1, 0.15) is 0 Å². The van der Waals surface area contributed by atoms with Crippen LogP contribution in [0.25, 0.3) is 0 Å². The van der Waals surface area contributed by atoms with Gasteiger partial charge in [0, 0.05) is 0 Å². The predicted molar refractivity (Wildman–Crippen MR) is 78.1 cm³/mol. The molecule has 0 heterocycles. The van der Waals surface area contributed by atoms with Crippen LogP contribution in [0.2, 0.25) is 0 Å². The van der Waals surface area contributed by atoms with Crippen LogP contribution in [0.4, 0.5) is 0 Å². The van der Waals surface area contributed by atoms with Crippen molar-refractivity contribution in [1.82, 2.24) is 0 Å². The van der Waals surface area contributed by atoms with Crippen LogP contribution >= 0.6 is 0 Å². The zero-order valence-electron chi connectivity index (χ0n) is 10.3. The molecule has 2 nitrogen and oxygen atoms in total. The number of hydrogen-bond donors (Lipinski definition) is 2. The molecule has 3 heteroatoms. The molecule has 0 spiro atoms. The van der Waals surface area contributed by atoms with Crippen LogP contribution in [0.15, 0.2) is 60.7 Å². The van der Waals surface area contributed by atoms with Gasteiger partial charge in [-0.2, -0.15) is 0 Å². The fourth-order valence-corrected chi connectivity index (χ4v) is 3.56. The molecule has 0 aliphatic rings. The average molecular weight is 344 g/mol. The van der Waals surface area contributed by atoms with E-state index < -0.39 is 0 Å². The zero-order chi connectivity index (χ0) is 12.9. The van der Waals surface area contributed by atoms with Gasteiger partial charge < -0.3 is 11.5 Å². The molecule has 4 N–H and O–H groups in total. The molecule has 2 rings (SSSR count). The minimum absolute atomic E-state index is 0.153. The Morgan fingerprint density at radius 2 is 0.882 bits per heavy atom. The minimum atomic E-state index is -0.153. The molecule has 0 unspecified atom stereocenters. The maximum absolute atomic E-state index is 4.50. The first-order valence-electron chi connectivity index (χ1n) is 5.38. The summed E-state index contributed by atoms with van der Waals surface area (Å²) in [5.41, 5.74) is 9.00. The van der Waals surface area contributed by atoms with Crippen molar-refractivity contribution < 1.29 is 0 Å². The number of benzene rings is 2. The fourth-order valence-electron chi connectivity index (χ4n) is 1.11. The molecule has 0 saturated heterocycles. The molecule has 2 aromatic rings. The molecule has 0 aromatic heterocycles. The normalized spacial score (nSPS) is 8.24. The molecule has 0 aliphatic carbocycles. The van der Waals surface area contributed by atoms with Crippen molar-refractivity contribution in [3.8, 4) is 0 Å². The van der Waals surface area contributed by atoms with Crippen molar-refractivity contribution in [3.63, 3.8) is 0 Å². The van der Waals surface area contributed by atoms with Crippen LogP contribution < -0.4 is 18.7 Å². The third-order valence-electron chi connectivity index (χ3n) is 1.72. The number of nitrogens with two attached hydrogens (primary N) is 2. The van der Waals surface area contributed by atoms with Gasteiger partial charge in [0.15, 0.2) is 0 Å². The zero-order valence-corrected chi connectivity index (χ0v) is 12.7. The maximum atomic E-state index is 4.50. The van der Waals surface area contributed by atoms with Crippen molar-refractivity contribution >= 4 is 28.1 Å². The van der Waals surface area contributed by atoms with Crippen LogP contribution in [0, 0.1) is 0 Å². The molecule has 17 heavy (non-hydrogen) atoms. The van der Waals surface area contributed by atoms with Gasteiger partial charge in [-0.05, 0) is 14.1 Å². The van der Waals surface area contributed by atoms with E-state index in [9.17, 15) is 0 Å². The van der Waals surface area contributed by atoms with Crippen molar-refractivity contribution in [2.45, 2.75) is 0 Å². The SMILES string of the molecule is CN.CN.c1ccc([Te]c2ccccc2)cc1. The molecule has 92 valence electrons. The molecule has 0 amide bonds. The summed E-state index contributed by atoms with van der Waals surface area (Å²) in [4.78, 5) is 0. The molecular weight excluding hydrogens is 324 g/mol. The molecule has 0 fully saturated rings. The van der Waals surface area contributed by atoms with Gasteiger partial charge in [-0.15, -0.1) is 0 Å². The second-order valence-corrected chi connectivity index (χ2v) is 6.00. The Morgan fingerprint density at radius 3 is 1.18 bits per heavy atom. The van der Waals surface area contributed by atoms with Gasteiger partial charge in [0.25, 0.3) is 0 Å². The summed E-state index contributed by atoms with van der Waals surface area (Å²) >= 11 is -0.153. The summed E-state index contributed by atoms with van der Waals surface area (Å²) in [5.74, 6) is 0. The molecule has 0 saturated carbocycles. The topological polar surface area (TPSA) is 52.0 Å². The molecule has 0 bridgehead atoms. The van der Waals surface area contributed by atoms with Gasteiger partial charge in [0.2, 0.25) is 0 Å². The predicted octanol–water partition coefficient (Wildman–Crippen LogP) is 0.491.